The topological polar surface area (TPSA) is 66.5 Å². The van der Waals surface area contributed by atoms with Gasteiger partial charge in [-0.25, -0.2) is 8.42 Å². The molecule has 0 radical (unpaired) electrons. The van der Waals surface area contributed by atoms with Crippen molar-refractivity contribution in [3.63, 3.8) is 0 Å². The van der Waals surface area contributed by atoms with E-state index in [1.54, 1.807) is 23.9 Å². The number of nitrogens with one attached hydrogen (secondary N) is 1. The number of benzene rings is 2. The van der Waals surface area contributed by atoms with Gasteiger partial charge in [-0.05, 0) is 55.5 Å². The highest BCUT2D eigenvalue weighted by Gasteiger charge is 2.40. The van der Waals surface area contributed by atoms with Gasteiger partial charge in [-0.1, -0.05) is 12.1 Å². The van der Waals surface area contributed by atoms with Crippen molar-refractivity contribution in [2.24, 2.45) is 5.92 Å². The normalized spacial score (nSPS) is 16.4. The lowest BCUT2D eigenvalue weighted by molar-refractivity contribution is -0.139. The SMILES string of the molecule is CSc1ccc(NC(=O)C2CCN(S(=O)(=O)c3ccccc3C(F)(F)F)CC2)cc1. The molecule has 0 unspecified atom stereocenters. The minimum absolute atomic E-state index is 0.0158. The molecule has 10 heteroatoms. The molecular formula is C20H21F3N2O3S2. The zero-order chi connectivity index (χ0) is 21.9. The monoisotopic (exact) mass is 458 g/mol. The molecule has 1 aliphatic rings. The zero-order valence-electron chi connectivity index (χ0n) is 16.1. The van der Waals surface area contributed by atoms with Crippen LogP contribution in [0.2, 0.25) is 0 Å². The third kappa shape index (κ3) is 4.98. The molecule has 1 heterocycles. The number of piperidine rings is 1. The molecule has 0 atom stereocenters. The molecule has 1 fully saturated rings. The van der Waals surface area contributed by atoms with Crippen molar-refractivity contribution in [2.75, 3.05) is 24.7 Å². The van der Waals surface area contributed by atoms with Gasteiger partial charge in [0.25, 0.3) is 0 Å². The summed E-state index contributed by atoms with van der Waals surface area (Å²) in [5.41, 5.74) is -0.537. The number of nitrogens with zero attached hydrogens (tertiary/aromatic N) is 1. The summed E-state index contributed by atoms with van der Waals surface area (Å²) >= 11 is 1.58. The van der Waals surface area contributed by atoms with E-state index in [0.29, 0.717) is 5.69 Å². The molecule has 1 saturated heterocycles. The highest BCUT2D eigenvalue weighted by molar-refractivity contribution is 7.98. The third-order valence-electron chi connectivity index (χ3n) is 4.99. The van der Waals surface area contributed by atoms with Crippen molar-refractivity contribution in [1.29, 1.82) is 0 Å². The van der Waals surface area contributed by atoms with Crippen molar-refractivity contribution in [3.8, 4) is 0 Å². The molecule has 2 aromatic rings. The van der Waals surface area contributed by atoms with Gasteiger partial charge in [0.05, 0.1) is 10.5 Å². The van der Waals surface area contributed by atoms with Crippen molar-refractivity contribution in [2.45, 2.75) is 28.8 Å². The summed E-state index contributed by atoms with van der Waals surface area (Å²) < 4.78 is 66.3. The van der Waals surface area contributed by atoms with E-state index in [-0.39, 0.29) is 31.8 Å². The Kier molecular flexibility index (Phi) is 6.78. The van der Waals surface area contributed by atoms with Gasteiger partial charge in [0, 0.05) is 29.6 Å². The van der Waals surface area contributed by atoms with Crippen molar-refractivity contribution < 1.29 is 26.4 Å². The first-order chi connectivity index (χ1) is 14.1. The number of rotatable bonds is 5. The first kappa shape index (κ1) is 22.6. The molecule has 1 aliphatic heterocycles. The molecule has 162 valence electrons. The van der Waals surface area contributed by atoms with Crippen LogP contribution >= 0.6 is 11.8 Å². The largest absolute Gasteiger partial charge is 0.417 e. The van der Waals surface area contributed by atoms with Gasteiger partial charge in [0.15, 0.2) is 0 Å². The second-order valence-electron chi connectivity index (χ2n) is 6.89. The number of amides is 1. The van der Waals surface area contributed by atoms with Crippen molar-refractivity contribution >= 4 is 33.4 Å². The van der Waals surface area contributed by atoms with Crippen LogP contribution in [0.4, 0.5) is 18.9 Å². The van der Waals surface area contributed by atoms with Gasteiger partial charge < -0.3 is 5.32 Å². The van der Waals surface area contributed by atoms with E-state index in [1.165, 1.54) is 6.07 Å². The predicted octanol–water partition coefficient (Wildman–Crippen LogP) is 4.47. The Morgan fingerprint density at radius 1 is 1.07 bits per heavy atom. The molecular weight excluding hydrogens is 437 g/mol. The third-order valence-corrected chi connectivity index (χ3v) is 7.69. The number of alkyl halides is 3. The smallest absolute Gasteiger partial charge is 0.326 e. The number of hydrogen-bond acceptors (Lipinski definition) is 4. The van der Waals surface area contributed by atoms with Gasteiger partial charge in [0.2, 0.25) is 15.9 Å². The Balaban J connectivity index is 1.67. The predicted molar refractivity (Wildman–Crippen MR) is 110 cm³/mol. The number of hydrogen-bond donors (Lipinski definition) is 1. The summed E-state index contributed by atoms with van der Waals surface area (Å²) in [5, 5.41) is 2.81. The van der Waals surface area contributed by atoms with E-state index in [9.17, 15) is 26.4 Å². The van der Waals surface area contributed by atoms with Crippen LogP contribution in [0, 0.1) is 5.92 Å². The number of carbonyl (C=O) groups excluding carboxylic acids is 1. The van der Waals surface area contributed by atoms with Crippen LogP contribution in [0.5, 0.6) is 0 Å². The Hall–Kier alpha value is -2.04. The van der Waals surface area contributed by atoms with Gasteiger partial charge in [-0.3, -0.25) is 4.79 Å². The first-order valence-corrected chi connectivity index (χ1v) is 11.9. The van der Waals surface area contributed by atoms with E-state index in [0.717, 1.165) is 27.4 Å². The fourth-order valence-electron chi connectivity index (χ4n) is 3.34. The lowest BCUT2D eigenvalue weighted by atomic mass is 9.97. The summed E-state index contributed by atoms with van der Waals surface area (Å²) in [7, 11) is -4.31. The quantitative estimate of drug-likeness (QED) is 0.672. The Bertz CT molecular complexity index is 1000. The van der Waals surface area contributed by atoms with Crippen LogP contribution < -0.4 is 5.32 Å². The van der Waals surface area contributed by atoms with Gasteiger partial charge in [0.1, 0.15) is 0 Å². The maximum Gasteiger partial charge on any atom is 0.417 e. The van der Waals surface area contributed by atoms with E-state index < -0.39 is 32.6 Å². The minimum Gasteiger partial charge on any atom is -0.326 e. The molecule has 0 bridgehead atoms. The summed E-state index contributed by atoms with van der Waals surface area (Å²) in [6, 6.07) is 11.5. The maximum atomic E-state index is 13.2. The number of halogens is 3. The molecule has 3 rings (SSSR count). The summed E-state index contributed by atoms with van der Waals surface area (Å²) in [5.74, 6) is -0.630. The van der Waals surface area contributed by atoms with Crippen LogP contribution in [0.15, 0.2) is 58.3 Å². The molecule has 1 N–H and O–H groups in total. The molecule has 0 aromatic heterocycles. The minimum atomic E-state index is -4.77. The lowest BCUT2D eigenvalue weighted by Gasteiger charge is -2.31. The Labute approximate surface area is 177 Å². The number of anilines is 1. The van der Waals surface area contributed by atoms with Crippen LogP contribution in [-0.4, -0.2) is 38.0 Å². The number of carbonyl (C=O) groups is 1. The highest BCUT2D eigenvalue weighted by atomic mass is 32.2. The fraction of sp³-hybridized carbons (Fsp3) is 0.350. The molecule has 5 nitrogen and oxygen atoms in total. The van der Waals surface area contributed by atoms with Gasteiger partial charge in [-0.2, -0.15) is 17.5 Å². The molecule has 1 amide bonds. The van der Waals surface area contributed by atoms with Crippen molar-refractivity contribution in [3.05, 3.63) is 54.1 Å². The maximum absolute atomic E-state index is 13.2. The van der Waals surface area contributed by atoms with Gasteiger partial charge in [-0.15, -0.1) is 11.8 Å². The van der Waals surface area contributed by atoms with Crippen LogP contribution in [-0.2, 0) is 21.0 Å². The number of thioether (sulfide) groups is 1. The summed E-state index contributed by atoms with van der Waals surface area (Å²) in [6.45, 7) is -0.0317. The fourth-order valence-corrected chi connectivity index (χ4v) is 5.43. The summed E-state index contributed by atoms with van der Waals surface area (Å²) in [6.07, 6.45) is -2.35. The highest BCUT2D eigenvalue weighted by Crippen LogP contribution is 2.36. The molecule has 30 heavy (non-hydrogen) atoms. The Morgan fingerprint density at radius 3 is 2.23 bits per heavy atom. The molecule has 2 aromatic carbocycles. The second-order valence-corrected chi connectivity index (χ2v) is 9.68. The molecule has 0 spiro atoms. The van der Waals surface area contributed by atoms with E-state index in [1.807, 2.05) is 18.4 Å². The average molecular weight is 459 g/mol. The molecule has 0 aliphatic carbocycles. The second kappa shape index (κ2) is 8.99. The van der Waals surface area contributed by atoms with Crippen LogP contribution in [0.25, 0.3) is 0 Å². The average Bonchev–Trinajstić information content (AvgIpc) is 2.74. The Morgan fingerprint density at radius 2 is 1.67 bits per heavy atom. The van der Waals surface area contributed by atoms with Crippen LogP contribution in [0.1, 0.15) is 18.4 Å². The molecule has 0 saturated carbocycles. The van der Waals surface area contributed by atoms with Crippen LogP contribution in [0.3, 0.4) is 0 Å². The lowest BCUT2D eigenvalue weighted by Crippen LogP contribution is -2.41. The zero-order valence-corrected chi connectivity index (χ0v) is 17.8. The van der Waals surface area contributed by atoms with E-state index in [4.69, 9.17) is 0 Å². The number of sulfonamides is 1. The first-order valence-electron chi connectivity index (χ1n) is 9.24. The van der Waals surface area contributed by atoms with E-state index in [2.05, 4.69) is 5.32 Å². The summed E-state index contributed by atoms with van der Waals surface area (Å²) in [4.78, 5) is 12.8. The van der Waals surface area contributed by atoms with E-state index >= 15 is 0 Å². The standard InChI is InChI=1S/C20H21F3N2O3S2/c1-29-16-8-6-15(7-9-16)24-19(26)14-10-12-25(13-11-14)30(27,28)18-5-3-2-4-17(18)20(21,22)23/h2-9,14H,10-13H2,1H3,(H,24,26). The van der Waals surface area contributed by atoms with Crippen molar-refractivity contribution in [1.82, 2.24) is 4.31 Å². The van der Waals surface area contributed by atoms with Gasteiger partial charge >= 0.3 is 6.18 Å².